The number of benzene rings is 3. The highest BCUT2D eigenvalue weighted by Crippen LogP contribution is 2.27. The van der Waals surface area contributed by atoms with Gasteiger partial charge in [0.25, 0.3) is 5.56 Å². The fourth-order valence-corrected chi connectivity index (χ4v) is 5.14. The fourth-order valence-electron chi connectivity index (χ4n) is 4.24. The van der Waals surface area contributed by atoms with Crippen LogP contribution in [-0.2, 0) is 0 Å². The second-order valence-corrected chi connectivity index (χ2v) is 10.0. The van der Waals surface area contributed by atoms with Crippen LogP contribution in [0.2, 0.25) is 0 Å². The molecule has 0 unspecified atom stereocenters. The van der Waals surface area contributed by atoms with Crippen molar-refractivity contribution in [1.29, 1.82) is 0 Å². The molecule has 0 saturated carbocycles. The molecule has 188 valence electrons. The molecule has 0 bridgehead atoms. The Morgan fingerprint density at radius 2 is 1.76 bits per heavy atom. The topological polar surface area (TPSA) is 74.3 Å². The monoisotopic (exact) mass is 519 g/mol. The lowest BCUT2D eigenvalue weighted by Crippen LogP contribution is -2.23. The summed E-state index contributed by atoms with van der Waals surface area (Å²) >= 11 is 1.32. The van der Waals surface area contributed by atoms with Gasteiger partial charge in [-0.1, -0.05) is 60.2 Å². The number of ether oxygens (including phenoxy) is 1. The van der Waals surface area contributed by atoms with Crippen LogP contribution >= 0.6 is 11.3 Å². The Hall–Kier alpha value is -4.56. The summed E-state index contributed by atoms with van der Waals surface area (Å²) in [5.74, 6) is 1.37. The Morgan fingerprint density at radius 3 is 2.50 bits per heavy atom. The summed E-state index contributed by atoms with van der Waals surface area (Å²) in [6, 6.07) is 25.8. The average molecular weight is 520 g/mol. The van der Waals surface area contributed by atoms with E-state index in [0.717, 1.165) is 45.8 Å². The Balaban J connectivity index is 1.44. The molecule has 0 saturated heterocycles. The van der Waals surface area contributed by atoms with E-state index in [2.05, 4.69) is 17.0 Å². The lowest BCUT2D eigenvalue weighted by molar-refractivity contribution is 0.317. The van der Waals surface area contributed by atoms with E-state index in [4.69, 9.17) is 9.84 Å². The third-order valence-corrected chi connectivity index (χ3v) is 7.07. The minimum atomic E-state index is -0.196. The van der Waals surface area contributed by atoms with Crippen LogP contribution in [0.5, 0.6) is 5.75 Å². The molecular weight excluding hydrogens is 494 g/mol. The zero-order chi connectivity index (χ0) is 26.1. The van der Waals surface area contributed by atoms with Crippen LogP contribution < -0.4 is 14.8 Å². The van der Waals surface area contributed by atoms with Crippen molar-refractivity contribution >= 4 is 22.4 Å². The maximum atomic E-state index is 13.3. The molecular formula is C30H25N5O2S. The van der Waals surface area contributed by atoms with E-state index < -0.39 is 0 Å². The van der Waals surface area contributed by atoms with Crippen LogP contribution in [0.25, 0.3) is 39.4 Å². The van der Waals surface area contributed by atoms with Crippen molar-refractivity contribution in [1.82, 2.24) is 24.4 Å². The van der Waals surface area contributed by atoms with Crippen molar-refractivity contribution in [3.63, 3.8) is 0 Å². The third-order valence-electron chi connectivity index (χ3n) is 6.11. The second-order valence-electron chi connectivity index (χ2n) is 9.00. The van der Waals surface area contributed by atoms with Crippen molar-refractivity contribution in [2.75, 3.05) is 6.61 Å². The van der Waals surface area contributed by atoms with Crippen LogP contribution in [0, 0.1) is 6.92 Å². The second kappa shape index (κ2) is 10.1. The van der Waals surface area contributed by atoms with Gasteiger partial charge in [0.15, 0.2) is 5.82 Å². The highest BCUT2D eigenvalue weighted by Gasteiger charge is 2.15. The molecule has 6 rings (SSSR count). The van der Waals surface area contributed by atoms with E-state index in [0.29, 0.717) is 21.9 Å². The van der Waals surface area contributed by atoms with E-state index in [1.54, 1.807) is 0 Å². The minimum absolute atomic E-state index is 0.196. The lowest BCUT2D eigenvalue weighted by atomic mass is 10.1. The molecule has 0 aliphatic carbocycles. The molecule has 0 spiro atoms. The Kier molecular flexibility index (Phi) is 6.31. The zero-order valence-electron chi connectivity index (χ0n) is 21.0. The molecule has 0 aliphatic heterocycles. The van der Waals surface area contributed by atoms with Crippen molar-refractivity contribution in [2.45, 2.75) is 20.3 Å². The summed E-state index contributed by atoms with van der Waals surface area (Å²) in [5.41, 5.74) is 5.28. The Labute approximate surface area is 223 Å². The van der Waals surface area contributed by atoms with Crippen LogP contribution in [0.1, 0.15) is 24.5 Å². The van der Waals surface area contributed by atoms with E-state index in [-0.39, 0.29) is 5.56 Å². The highest BCUT2D eigenvalue weighted by atomic mass is 32.1. The molecule has 3 aromatic carbocycles. The normalized spacial score (nSPS) is 11.9. The number of hydrogen-bond donors (Lipinski definition) is 0. The molecule has 0 radical (unpaired) electrons. The summed E-state index contributed by atoms with van der Waals surface area (Å²) in [4.78, 5) is 18.5. The molecule has 7 nitrogen and oxygen atoms in total. The third kappa shape index (κ3) is 4.62. The Morgan fingerprint density at radius 1 is 0.947 bits per heavy atom. The van der Waals surface area contributed by atoms with E-state index in [9.17, 15) is 4.79 Å². The lowest BCUT2D eigenvalue weighted by Gasteiger charge is -2.05. The number of aryl methyl sites for hydroxylation is 1. The SMILES string of the molecule is CCCOc1ccc(-c2nn(-c3ccccc3)cc2/C=c2\sc3nc(-c4cccc(C)c4)nn3c2=O)cc1. The summed E-state index contributed by atoms with van der Waals surface area (Å²) in [5, 5.41) is 9.38. The predicted molar refractivity (Wildman–Crippen MR) is 151 cm³/mol. The maximum absolute atomic E-state index is 13.3. The molecule has 38 heavy (non-hydrogen) atoms. The van der Waals surface area contributed by atoms with Crippen molar-refractivity contribution < 1.29 is 4.74 Å². The van der Waals surface area contributed by atoms with Gasteiger partial charge in [0.05, 0.1) is 16.8 Å². The zero-order valence-corrected chi connectivity index (χ0v) is 21.9. The molecule has 6 aromatic rings. The fraction of sp³-hybridized carbons (Fsp3) is 0.133. The average Bonchev–Trinajstić information content (AvgIpc) is 3.63. The van der Waals surface area contributed by atoms with Crippen LogP contribution in [0.15, 0.2) is 89.9 Å². The first-order valence-electron chi connectivity index (χ1n) is 12.5. The summed E-state index contributed by atoms with van der Waals surface area (Å²) in [7, 11) is 0. The van der Waals surface area contributed by atoms with Crippen molar-refractivity contribution in [3.05, 3.63) is 111 Å². The van der Waals surface area contributed by atoms with Gasteiger partial charge in [-0.3, -0.25) is 4.79 Å². The number of hydrogen-bond acceptors (Lipinski definition) is 6. The van der Waals surface area contributed by atoms with Gasteiger partial charge < -0.3 is 4.74 Å². The van der Waals surface area contributed by atoms with Gasteiger partial charge in [0, 0.05) is 22.9 Å². The molecule has 0 fully saturated rings. The first-order chi connectivity index (χ1) is 18.6. The smallest absolute Gasteiger partial charge is 0.291 e. The van der Waals surface area contributed by atoms with Crippen molar-refractivity contribution in [3.8, 4) is 34.1 Å². The van der Waals surface area contributed by atoms with E-state index in [1.165, 1.54) is 15.9 Å². The molecule has 0 N–H and O–H groups in total. The predicted octanol–water partition coefficient (Wildman–Crippen LogP) is 5.32. The van der Waals surface area contributed by atoms with Crippen LogP contribution in [0.4, 0.5) is 0 Å². The quantitative estimate of drug-likeness (QED) is 0.286. The number of thiazole rings is 1. The van der Waals surface area contributed by atoms with Gasteiger partial charge in [0.2, 0.25) is 4.96 Å². The minimum Gasteiger partial charge on any atom is -0.494 e. The molecule has 3 aromatic heterocycles. The largest absolute Gasteiger partial charge is 0.494 e. The summed E-state index contributed by atoms with van der Waals surface area (Å²) < 4.78 is 9.51. The standard InChI is InChI=1S/C30H25N5O2S/c1-3-16-37-25-14-12-21(13-15-25)27-23(19-34(32-27)24-10-5-4-6-11-24)18-26-29(36)35-30(38-26)31-28(33-35)22-9-7-8-20(2)17-22/h4-15,17-19H,3,16H2,1-2H3/b26-18-. The van der Waals surface area contributed by atoms with Gasteiger partial charge in [0.1, 0.15) is 11.4 Å². The van der Waals surface area contributed by atoms with Gasteiger partial charge in [-0.05, 0) is 61.9 Å². The summed E-state index contributed by atoms with van der Waals surface area (Å²) in [6.07, 6.45) is 4.77. The number of fused-ring (bicyclic) bond motifs is 1. The molecule has 3 heterocycles. The first-order valence-corrected chi connectivity index (χ1v) is 13.3. The number of rotatable bonds is 7. The van der Waals surface area contributed by atoms with Gasteiger partial charge >= 0.3 is 0 Å². The molecule has 0 atom stereocenters. The Bertz CT molecular complexity index is 1840. The van der Waals surface area contributed by atoms with Crippen LogP contribution in [-0.4, -0.2) is 31.0 Å². The van der Waals surface area contributed by atoms with E-state index in [1.807, 2.05) is 103 Å². The van der Waals surface area contributed by atoms with Crippen LogP contribution in [0.3, 0.4) is 0 Å². The highest BCUT2D eigenvalue weighted by molar-refractivity contribution is 7.15. The van der Waals surface area contributed by atoms with E-state index >= 15 is 0 Å². The maximum Gasteiger partial charge on any atom is 0.291 e. The van der Waals surface area contributed by atoms with Gasteiger partial charge in [-0.2, -0.15) is 14.6 Å². The summed E-state index contributed by atoms with van der Waals surface area (Å²) in [6.45, 7) is 4.78. The van der Waals surface area contributed by atoms with Gasteiger partial charge in [-0.25, -0.2) is 4.68 Å². The van der Waals surface area contributed by atoms with Gasteiger partial charge in [-0.15, -0.1) is 5.10 Å². The number of aromatic nitrogens is 5. The number of nitrogens with zero attached hydrogens (tertiary/aromatic N) is 5. The molecule has 0 aliphatic rings. The first kappa shape index (κ1) is 23.8. The molecule has 8 heteroatoms. The van der Waals surface area contributed by atoms with Crippen molar-refractivity contribution in [2.24, 2.45) is 0 Å². The number of para-hydroxylation sites is 1. The molecule has 0 amide bonds.